The van der Waals surface area contributed by atoms with Crippen molar-refractivity contribution >= 4 is 16.9 Å². The molecule has 170 valence electrons. The number of aryl methyl sites for hydroxylation is 1. The Morgan fingerprint density at radius 3 is 2.64 bits per heavy atom. The molecule has 2 aromatic carbocycles. The molecule has 1 aliphatic heterocycles. The number of nitrogens with one attached hydrogen (secondary N) is 1. The predicted molar refractivity (Wildman–Crippen MR) is 117 cm³/mol. The van der Waals surface area contributed by atoms with E-state index in [0.717, 1.165) is 23.2 Å². The van der Waals surface area contributed by atoms with E-state index in [2.05, 4.69) is 15.1 Å². The van der Waals surface area contributed by atoms with Gasteiger partial charge < -0.3 is 9.88 Å². The number of benzene rings is 2. The lowest BCUT2D eigenvalue weighted by atomic mass is 9.88. The Morgan fingerprint density at radius 2 is 1.94 bits per heavy atom. The molecule has 6 nitrogen and oxygen atoms in total. The van der Waals surface area contributed by atoms with E-state index in [4.69, 9.17) is 0 Å². The number of hydrogen-bond acceptors (Lipinski definition) is 3. The van der Waals surface area contributed by atoms with Crippen LogP contribution in [0.5, 0.6) is 0 Å². The largest absolute Gasteiger partial charge is 0.345 e. The van der Waals surface area contributed by atoms with Gasteiger partial charge in [0.25, 0.3) is 5.91 Å². The summed E-state index contributed by atoms with van der Waals surface area (Å²) in [4.78, 5) is 22.8. The quantitative estimate of drug-likeness (QED) is 0.448. The molecule has 3 heterocycles. The van der Waals surface area contributed by atoms with E-state index < -0.39 is 17.5 Å². The SMILES string of the molecule is CCC1Cc2c(nn(C)c2-c2cc(F)c(F)c(F)c2)C(C)N1C(=O)c1cccc2[nH]cnc12. The lowest BCUT2D eigenvalue weighted by Gasteiger charge is -2.40. The van der Waals surface area contributed by atoms with Gasteiger partial charge in [0, 0.05) is 24.2 Å². The van der Waals surface area contributed by atoms with Crippen molar-refractivity contribution < 1.29 is 18.0 Å². The van der Waals surface area contributed by atoms with E-state index in [-0.39, 0.29) is 23.6 Å². The molecule has 1 aliphatic rings. The number of imidazole rings is 1. The number of carbonyl (C=O) groups is 1. The van der Waals surface area contributed by atoms with Gasteiger partial charge >= 0.3 is 0 Å². The van der Waals surface area contributed by atoms with Crippen LogP contribution in [-0.4, -0.2) is 36.6 Å². The fourth-order valence-electron chi connectivity index (χ4n) is 4.92. The van der Waals surface area contributed by atoms with E-state index in [1.807, 2.05) is 30.9 Å². The van der Waals surface area contributed by atoms with Crippen LogP contribution >= 0.6 is 0 Å². The molecule has 0 bridgehead atoms. The first-order valence-corrected chi connectivity index (χ1v) is 10.8. The molecule has 1 amide bonds. The Morgan fingerprint density at radius 1 is 1.21 bits per heavy atom. The number of aromatic amines is 1. The van der Waals surface area contributed by atoms with Gasteiger partial charge in [0.1, 0.15) is 5.52 Å². The zero-order chi connectivity index (χ0) is 23.4. The molecule has 9 heteroatoms. The van der Waals surface area contributed by atoms with Crippen LogP contribution < -0.4 is 0 Å². The highest BCUT2D eigenvalue weighted by molar-refractivity contribution is 6.05. The van der Waals surface area contributed by atoms with Crippen LogP contribution in [0.15, 0.2) is 36.7 Å². The minimum atomic E-state index is -1.50. The highest BCUT2D eigenvalue weighted by Gasteiger charge is 2.39. The molecule has 2 unspecified atom stereocenters. The monoisotopic (exact) mass is 453 g/mol. The lowest BCUT2D eigenvalue weighted by molar-refractivity contribution is 0.0547. The van der Waals surface area contributed by atoms with Crippen LogP contribution in [0.3, 0.4) is 0 Å². The van der Waals surface area contributed by atoms with Crippen LogP contribution in [0, 0.1) is 17.5 Å². The van der Waals surface area contributed by atoms with Crippen molar-refractivity contribution in [3.63, 3.8) is 0 Å². The molecule has 2 aromatic heterocycles. The molecule has 0 spiro atoms. The maximum Gasteiger partial charge on any atom is 0.256 e. The van der Waals surface area contributed by atoms with Gasteiger partial charge in [-0.15, -0.1) is 0 Å². The van der Waals surface area contributed by atoms with Gasteiger partial charge in [-0.05, 0) is 44.0 Å². The smallest absolute Gasteiger partial charge is 0.256 e. The summed E-state index contributed by atoms with van der Waals surface area (Å²) in [5.74, 6) is -4.15. The average molecular weight is 453 g/mol. The lowest BCUT2D eigenvalue weighted by Crippen LogP contribution is -2.46. The van der Waals surface area contributed by atoms with Crippen molar-refractivity contribution in [2.45, 2.75) is 38.8 Å². The zero-order valence-electron chi connectivity index (χ0n) is 18.4. The number of carbonyl (C=O) groups excluding carboxylic acids is 1. The molecule has 0 aliphatic carbocycles. The third-order valence-electron chi connectivity index (χ3n) is 6.47. The maximum absolute atomic E-state index is 14.0. The third-order valence-corrected chi connectivity index (χ3v) is 6.47. The number of aromatic nitrogens is 4. The Labute approximate surface area is 188 Å². The first-order valence-electron chi connectivity index (χ1n) is 10.8. The summed E-state index contributed by atoms with van der Waals surface area (Å²) in [6.07, 6.45) is 2.69. The minimum absolute atomic E-state index is 0.149. The summed E-state index contributed by atoms with van der Waals surface area (Å²) >= 11 is 0. The summed E-state index contributed by atoms with van der Waals surface area (Å²) < 4.78 is 43.0. The first-order chi connectivity index (χ1) is 15.8. The Hall–Kier alpha value is -3.62. The topological polar surface area (TPSA) is 66.8 Å². The molecule has 0 saturated carbocycles. The van der Waals surface area contributed by atoms with Gasteiger partial charge in [-0.25, -0.2) is 18.2 Å². The average Bonchev–Trinajstić information content (AvgIpc) is 3.40. The third kappa shape index (κ3) is 3.21. The molecular formula is C24H22F3N5O. The second-order valence-corrected chi connectivity index (χ2v) is 8.35. The van der Waals surface area contributed by atoms with Gasteiger partial charge in [0.15, 0.2) is 17.5 Å². The second kappa shape index (κ2) is 7.75. The fraction of sp³-hybridized carbons (Fsp3) is 0.292. The number of halogens is 3. The van der Waals surface area contributed by atoms with Crippen LogP contribution in [0.25, 0.3) is 22.3 Å². The first kappa shape index (κ1) is 21.2. The summed E-state index contributed by atoms with van der Waals surface area (Å²) in [6, 6.07) is 6.86. The molecule has 4 aromatic rings. The highest BCUT2D eigenvalue weighted by Crippen LogP contribution is 2.40. The molecular weight excluding hydrogens is 431 g/mol. The van der Waals surface area contributed by atoms with Gasteiger partial charge in [-0.3, -0.25) is 9.48 Å². The number of para-hydroxylation sites is 1. The van der Waals surface area contributed by atoms with Crippen LogP contribution in [0.4, 0.5) is 13.2 Å². The number of amides is 1. The van der Waals surface area contributed by atoms with Crippen LogP contribution in [0.1, 0.15) is 47.9 Å². The van der Waals surface area contributed by atoms with Crippen molar-refractivity contribution in [3.05, 3.63) is 70.9 Å². The van der Waals surface area contributed by atoms with E-state index in [1.165, 1.54) is 0 Å². The van der Waals surface area contributed by atoms with Crippen molar-refractivity contribution in [1.29, 1.82) is 0 Å². The van der Waals surface area contributed by atoms with Gasteiger partial charge in [-0.1, -0.05) is 13.0 Å². The number of H-pyrrole nitrogens is 1. The summed E-state index contributed by atoms with van der Waals surface area (Å²) in [5.41, 5.74) is 4.09. The van der Waals surface area contributed by atoms with E-state index >= 15 is 0 Å². The van der Waals surface area contributed by atoms with Crippen LogP contribution in [0.2, 0.25) is 0 Å². The molecule has 0 fully saturated rings. The number of hydrogen-bond donors (Lipinski definition) is 1. The number of rotatable bonds is 3. The number of nitrogens with zero attached hydrogens (tertiary/aromatic N) is 4. The molecule has 5 rings (SSSR count). The zero-order valence-corrected chi connectivity index (χ0v) is 18.4. The molecule has 0 radical (unpaired) electrons. The standard InChI is InChI=1S/C24H22F3N5O/c1-4-14-10-16-21(30-31(3)23(16)13-8-17(25)20(27)18(26)9-13)12(2)32(14)24(33)15-6-5-7-19-22(15)29-11-28-19/h5-9,11-12,14H,4,10H2,1-3H3,(H,28,29). The van der Waals surface area contributed by atoms with Crippen molar-refractivity contribution in [2.75, 3.05) is 0 Å². The van der Waals surface area contributed by atoms with E-state index in [0.29, 0.717) is 35.3 Å². The molecule has 2 atom stereocenters. The van der Waals surface area contributed by atoms with E-state index in [1.54, 1.807) is 24.1 Å². The number of fused-ring (bicyclic) bond motifs is 2. The van der Waals surface area contributed by atoms with Crippen molar-refractivity contribution in [1.82, 2.24) is 24.6 Å². The fourth-order valence-corrected chi connectivity index (χ4v) is 4.92. The summed E-state index contributed by atoms with van der Waals surface area (Å²) in [7, 11) is 1.68. The van der Waals surface area contributed by atoms with Crippen molar-refractivity contribution in [3.8, 4) is 11.3 Å². The van der Waals surface area contributed by atoms with Gasteiger partial charge in [0.2, 0.25) is 0 Å². The predicted octanol–water partition coefficient (Wildman–Crippen LogP) is 4.92. The van der Waals surface area contributed by atoms with E-state index in [9.17, 15) is 18.0 Å². The summed E-state index contributed by atoms with van der Waals surface area (Å²) in [5, 5.41) is 4.60. The van der Waals surface area contributed by atoms with Crippen molar-refractivity contribution in [2.24, 2.45) is 7.05 Å². The molecule has 1 N–H and O–H groups in total. The molecule has 33 heavy (non-hydrogen) atoms. The Balaban J connectivity index is 1.61. The van der Waals surface area contributed by atoms with Gasteiger partial charge in [0.05, 0.1) is 34.8 Å². The maximum atomic E-state index is 14.0. The molecule has 0 saturated heterocycles. The Bertz CT molecular complexity index is 1370. The highest BCUT2D eigenvalue weighted by atomic mass is 19.2. The summed E-state index contributed by atoms with van der Waals surface area (Å²) in [6.45, 7) is 3.89. The van der Waals surface area contributed by atoms with Crippen LogP contribution in [-0.2, 0) is 13.5 Å². The minimum Gasteiger partial charge on any atom is -0.345 e. The normalized spacial score (nSPS) is 18.1. The Kier molecular flexibility index (Phi) is 4.99. The van der Waals surface area contributed by atoms with Gasteiger partial charge in [-0.2, -0.15) is 5.10 Å². The second-order valence-electron chi connectivity index (χ2n) is 8.35.